The number of morpholine rings is 1. The number of sulfonamides is 1. The summed E-state index contributed by atoms with van der Waals surface area (Å²) < 4.78 is 44.3. The van der Waals surface area contributed by atoms with Gasteiger partial charge in [-0.2, -0.15) is 4.31 Å². The second-order valence-electron chi connectivity index (χ2n) is 7.91. The van der Waals surface area contributed by atoms with E-state index in [1.54, 1.807) is 19.1 Å². The summed E-state index contributed by atoms with van der Waals surface area (Å²) in [5.41, 5.74) is 1.29. The van der Waals surface area contributed by atoms with Gasteiger partial charge < -0.3 is 19.5 Å². The van der Waals surface area contributed by atoms with Gasteiger partial charge in [-0.1, -0.05) is 12.1 Å². The topological polar surface area (TPSA) is 94.2 Å². The van der Waals surface area contributed by atoms with Crippen molar-refractivity contribution in [2.45, 2.75) is 44.8 Å². The Bertz CT molecular complexity index is 1050. The summed E-state index contributed by atoms with van der Waals surface area (Å²) in [5, 5.41) is 2.77. The van der Waals surface area contributed by atoms with Gasteiger partial charge in [-0.25, -0.2) is 8.42 Å². The van der Waals surface area contributed by atoms with Crippen LogP contribution in [0.15, 0.2) is 47.4 Å². The van der Waals surface area contributed by atoms with E-state index in [9.17, 15) is 13.2 Å². The van der Waals surface area contributed by atoms with Gasteiger partial charge in [0.15, 0.2) is 6.10 Å². The van der Waals surface area contributed by atoms with E-state index in [4.69, 9.17) is 14.2 Å². The molecule has 0 spiro atoms. The van der Waals surface area contributed by atoms with E-state index in [0.717, 1.165) is 5.56 Å². The molecule has 1 N–H and O–H groups in total. The van der Waals surface area contributed by atoms with Crippen molar-refractivity contribution in [3.05, 3.63) is 48.0 Å². The van der Waals surface area contributed by atoms with E-state index < -0.39 is 22.0 Å². The molecule has 1 heterocycles. The third-order valence-electron chi connectivity index (χ3n) is 4.85. The highest BCUT2D eigenvalue weighted by molar-refractivity contribution is 7.89. The fourth-order valence-electron chi connectivity index (χ4n) is 3.24. The second kappa shape index (κ2) is 10.3. The molecule has 1 fully saturated rings. The lowest BCUT2D eigenvalue weighted by molar-refractivity contribution is -0.122. The van der Waals surface area contributed by atoms with Gasteiger partial charge in [0.05, 0.1) is 29.9 Å². The number of carbonyl (C=O) groups is 1. The summed E-state index contributed by atoms with van der Waals surface area (Å²) in [4.78, 5) is 12.9. The van der Waals surface area contributed by atoms with Crippen LogP contribution in [0.25, 0.3) is 0 Å². The Morgan fingerprint density at radius 2 is 1.78 bits per heavy atom. The van der Waals surface area contributed by atoms with E-state index in [1.165, 1.54) is 16.4 Å². The van der Waals surface area contributed by atoms with Crippen LogP contribution < -0.4 is 14.8 Å². The van der Waals surface area contributed by atoms with Crippen LogP contribution in [0.2, 0.25) is 0 Å². The van der Waals surface area contributed by atoms with Crippen molar-refractivity contribution < 1.29 is 27.4 Å². The predicted molar refractivity (Wildman–Crippen MR) is 122 cm³/mol. The summed E-state index contributed by atoms with van der Waals surface area (Å²) in [6.07, 6.45) is -0.962. The molecule has 1 amide bonds. The quantitative estimate of drug-likeness (QED) is 0.647. The first-order valence-electron chi connectivity index (χ1n) is 10.6. The first-order chi connectivity index (χ1) is 15.2. The number of anilines is 1. The van der Waals surface area contributed by atoms with Crippen molar-refractivity contribution in [2.24, 2.45) is 0 Å². The first-order valence-corrected chi connectivity index (χ1v) is 12.0. The highest BCUT2D eigenvalue weighted by Gasteiger charge is 2.28. The monoisotopic (exact) mass is 462 g/mol. The second-order valence-corrected chi connectivity index (χ2v) is 9.84. The summed E-state index contributed by atoms with van der Waals surface area (Å²) in [6.45, 7) is 8.56. The Balaban J connectivity index is 1.83. The SMILES string of the molecule is Cc1cccc(OC(C)C(=O)Nc2cc(S(=O)(=O)N3CCOCC3)ccc2OC(C)C)c1. The van der Waals surface area contributed by atoms with Gasteiger partial charge in [0.25, 0.3) is 5.91 Å². The van der Waals surface area contributed by atoms with Crippen LogP contribution in [0, 0.1) is 6.92 Å². The summed E-state index contributed by atoms with van der Waals surface area (Å²) >= 11 is 0. The van der Waals surface area contributed by atoms with Gasteiger partial charge in [0, 0.05) is 13.1 Å². The average Bonchev–Trinajstić information content (AvgIpc) is 2.75. The molecule has 1 unspecified atom stereocenters. The fourth-order valence-corrected chi connectivity index (χ4v) is 4.68. The number of aryl methyl sites for hydroxylation is 1. The van der Waals surface area contributed by atoms with Crippen molar-refractivity contribution in [2.75, 3.05) is 31.6 Å². The molecule has 1 saturated heterocycles. The molecule has 8 nitrogen and oxygen atoms in total. The number of benzene rings is 2. The maximum absolute atomic E-state index is 13.1. The average molecular weight is 463 g/mol. The van der Waals surface area contributed by atoms with Crippen molar-refractivity contribution in [3.63, 3.8) is 0 Å². The Hall–Kier alpha value is -2.62. The van der Waals surface area contributed by atoms with Crippen LogP contribution >= 0.6 is 0 Å². The Kier molecular flexibility index (Phi) is 7.76. The highest BCUT2D eigenvalue weighted by Crippen LogP contribution is 2.30. The van der Waals surface area contributed by atoms with Gasteiger partial charge in [-0.05, 0) is 63.6 Å². The number of amides is 1. The summed E-state index contributed by atoms with van der Waals surface area (Å²) in [6, 6.07) is 11.9. The van der Waals surface area contributed by atoms with E-state index in [-0.39, 0.29) is 29.8 Å². The summed E-state index contributed by atoms with van der Waals surface area (Å²) in [7, 11) is -3.72. The molecule has 2 aromatic rings. The maximum Gasteiger partial charge on any atom is 0.265 e. The molecule has 32 heavy (non-hydrogen) atoms. The maximum atomic E-state index is 13.1. The predicted octanol–water partition coefficient (Wildman–Crippen LogP) is 3.21. The lowest BCUT2D eigenvalue weighted by atomic mass is 10.2. The molecule has 0 bridgehead atoms. The van der Waals surface area contributed by atoms with Crippen molar-refractivity contribution in [3.8, 4) is 11.5 Å². The third-order valence-corrected chi connectivity index (χ3v) is 6.75. The highest BCUT2D eigenvalue weighted by atomic mass is 32.2. The van der Waals surface area contributed by atoms with Crippen LogP contribution in [-0.2, 0) is 19.6 Å². The number of nitrogens with zero attached hydrogens (tertiary/aromatic N) is 1. The minimum atomic E-state index is -3.72. The smallest absolute Gasteiger partial charge is 0.265 e. The molecule has 1 aliphatic rings. The van der Waals surface area contributed by atoms with E-state index in [0.29, 0.717) is 24.7 Å². The summed E-state index contributed by atoms with van der Waals surface area (Å²) in [5.74, 6) is 0.549. The van der Waals surface area contributed by atoms with Gasteiger partial charge in [0.1, 0.15) is 11.5 Å². The number of ether oxygens (including phenoxy) is 3. The van der Waals surface area contributed by atoms with Crippen LogP contribution in [-0.4, -0.2) is 57.1 Å². The Labute approximate surface area is 189 Å². The third kappa shape index (κ3) is 5.99. The van der Waals surface area contributed by atoms with Gasteiger partial charge in [0.2, 0.25) is 10.0 Å². The molecule has 9 heteroatoms. The first kappa shape index (κ1) is 24.0. The van der Waals surface area contributed by atoms with E-state index >= 15 is 0 Å². The van der Waals surface area contributed by atoms with Crippen molar-refractivity contribution in [1.82, 2.24) is 4.31 Å². The normalized spacial score (nSPS) is 15.9. The molecule has 0 aromatic heterocycles. The van der Waals surface area contributed by atoms with Crippen molar-refractivity contribution in [1.29, 1.82) is 0 Å². The molecule has 0 saturated carbocycles. The standard InChI is InChI=1S/C23H30N2O6S/c1-16(2)30-22-9-8-20(32(27,28)25-10-12-29-13-11-25)15-21(22)24-23(26)18(4)31-19-7-5-6-17(3)14-19/h5-9,14-16,18H,10-13H2,1-4H3,(H,24,26). The zero-order chi connectivity index (χ0) is 23.3. The molecule has 3 rings (SSSR count). The molecule has 1 atom stereocenters. The molecule has 0 radical (unpaired) electrons. The van der Waals surface area contributed by atoms with E-state index in [2.05, 4.69) is 5.32 Å². The molecule has 2 aromatic carbocycles. The minimum Gasteiger partial charge on any atom is -0.489 e. The lowest BCUT2D eigenvalue weighted by Crippen LogP contribution is -2.40. The number of hydrogen-bond donors (Lipinski definition) is 1. The number of rotatable bonds is 8. The van der Waals surface area contributed by atoms with E-state index in [1.807, 2.05) is 39.0 Å². The molecular weight excluding hydrogens is 432 g/mol. The Morgan fingerprint density at radius 1 is 1.06 bits per heavy atom. The zero-order valence-corrected chi connectivity index (χ0v) is 19.6. The number of nitrogens with one attached hydrogen (secondary N) is 1. The van der Waals surface area contributed by atoms with Gasteiger partial charge >= 0.3 is 0 Å². The van der Waals surface area contributed by atoms with Crippen molar-refractivity contribution >= 4 is 21.6 Å². The number of hydrogen-bond acceptors (Lipinski definition) is 6. The Morgan fingerprint density at radius 3 is 2.44 bits per heavy atom. The molecule has 1 aliphatic heterocycles. The van der Waals surface area contributed by atoms with Crippen LogP contribution in [0.4, 0.5) is 5.69 Å². The number of carbonyl (C=O) groups excluding carboxylic acids is 1. The molecular formula is C23H30N2O6S. The molecule has 0 aliphatic carbocycles. The van der Waals surface area contributed by atoms with Crippen LogP contribution in [0.5, 0.6) is 11.5 Å². The van der Waals surface area contributed by atoms with Crippen LogP contribution in [0.1, 0.15) is 26.3 Å². The molecule has 174 valence electrons. The largest absolute Gasteiger partial charge is 0.489 e. The lowest BCUT2D eigenvalue weighted by Gasteiger charge is -2.26. The van der Waals surface area contributed by atoms with Crippen LogP contribution in [0.3, 0.4) is 0 Å². The fraction of sp³-hybridized carbons (Fsp3) is 0.435. The minimum absolute atomic E-state index is 0.0815. The zero-order valence-electron chi connectivity index (χ0n) is 18.8. The van der Waals surface area contributed by atoms with Gasteiger partial charge in [-0.3, -0.25) is 4.79 Å². The van der Waals surface area contributed by atoms with Gasteiger partial charge in [-0.15, -0.1) is 0 Å².